The van der Waals surface area contributed by atoms with E-state index in [1.54, 1.807) is 24.3 Å². The zero-order valence-electron chi connectivity index (χ0n) is 19.1. The van der Waals surface area contributed by atoms with Crippen molar-refractivity contribution in [1.82, 2.24) is 16.0 Å². The topological polar surface area (TPSA) is 109 Å². The normalized spacial score (nSPS) is 25.8. The van der Waals surface area contributed by atoms with Gasteiger partial charge in [0.25, 0.3) is 5.60 Å². The number of Topliss-reactive ketones (excluding diaryl/α,β-unsaturated/α-hetero) is 2. The van der Waals surface area contributed by atoms with E-state index in [0.29, 0.717) is 6.67 Å². The summed E-state index contributed by atoms with van der Waals surface area (Å²) >= 11 is 0. The minimum atomic E-state index is -1.89. The predicted molar refractivity (Wildman–Crippen MR) is 123 cm³/mol. The SMILES string of the molecule is CNCNC1=CC(CCC(C)=CCC23OC2(C(=O)OC)C(=O)c2ccccc2C3=O)=CCN1. The van der Waals surface area contributed by atoms with Crippen molar-refractivity contribution in [3.63, 3.8) is 0 Å². The van der Waals surface area contributed by atoms with Crippen LogP contribution in [-0.2, 0) is 14.3 Å². The number of carbonyl (C=O) groups excluding carboxylic acids is 3. The molecule has 2 unspecified atom stereocenters. The van der Waals surface area contributed by atoms with Crippen molar-refractivity contribution in [3.05, 3.63) is 70.6 Å². The molecule has 3 aliphatic rings. The number of esters is 1. The third kappa shape index (κ3) is 3.79. The Morgan fingerprint density at radius 2 is 1.97 bits per heavy atom. The van der Waals surface area contributed by atoms with Crippen LogP contribution in [0.3, 0.4) is 0 Å². The highest BCUT2D eigenvalue weighted by Crippen LogP contribution is 2.58. The van der Waals surface area contributed by atoms with Crippen LogP contribution in [0, 0.1) is 0 Å². The Kier molecular flexibility index (Phi) is 6.23. The van der Waals surface area contributed by atoms with Crippen LogP contribution in [0.1, 0.15) is 46.9 Å². The summed E-state index contributed by atoms with van der Waals surface area (Å²) in [5, 5.41) is 9.58. The van der Waals surface area contributed by atoms with Crippen LogP contribution in [0.4, 0.5) is 0 Å². The molecule has 8 nitrogen and oxygen atoms in total. The molecule has 1 aromatic carbocycles. The number of benzene rings is 1. The van der Waals surface area contributed by atoms with E-state index < -0.39 is 23.0 Å². The van der Waals surface area contributed by atoms with Crippen molar-refractivity contribution in [2.24, 2.45) is 0 Å². The molecule has 1 aliphatic carbocycles. The molecule has 174 valence electrons. The van der Waals surface area contributed by atoms with E-state index in [-0.39, 0.29) is 23.3 Å². The Morgan fingerprint density at radius 1 is 1.24 bits per heavy atom. The van der Waals surface area contributed by atoms with Crippen molar-refractivity contribution in [2.75, 3.05) is 27.4 Å². The molecule has 0 aromatic heterocycles. The van der Waals surface area contributed by atoms with Gasteiger partial charge in [0.15, 0.2) is 11.4 Å². The number of fused-ring (bicyclic) bond motifs is 2. The van der Waals surface area contributed by atoms with Gasteiger partial charge in [0, 0.05) is 24.1 Å². The number of ketones is 2. The zero-order valence-corrected chi connectivity index (χ0v) is 19.1. The van der Waals surface area contributed by atoms with E-state index in [1.807, 2.05) is 20.0 Å². The molecule has 0 saturated carbocycles. The molecule has 1 aromatic rings. The van der Waals surface area contributed by atoms with E-state index in [1.165, 1.54) is 12.7 Å². The summed E-state index contributed by atoms with van der Waals surface area (Å²) in [5.74, 6) is -0.715. The average molecular weight is 452 g/mol. The lowest BCUT2D eigenvalue weighted by atomic mass is 9.72. The molecule has 1 fully saturated rings. The fourth-order valence-electron chi connectivity index (χ4n) is 4.50. The lowest BCUT2D eigenvalue weighted by Crippen LogP contribution is -2.50. The molecule has 33 heavy (non-hydrogen) atoms. The number of rotatable bonds is 9. The fraction of sp³-hybridized carbons (Fsp3) is 0.400. The number of methoxy groups -OCH3 is 1. The Balaban J connectivity index is 1.49. The first kappa shape index (κ1) is 22.9. The molecular weight excluding hydrogens is 422 g/mol. The van der Waals surface area contributed by atoms with Gasteiger partial charge in [0.2, 0.25) is 5.78 Å². The van der Waals surface area contributed by atoms with Crippen LogP contribution in [0.15, 0.2) is 59.5 Å². The molecule has 2 aliphatic heterocycles. The lowest BCUT2D eigenvalue weighted by Gasteiger charge is -2.22. The van der Waals surface area contributed by atoms with Gasteiger partial charge >= 0.3 is 5.97 Å². The van der Waals surface area contributed by atoms with Crippen LogP contribution in [-0.4, -0.2) is 56.1 Å². The van der Waals surface area contributed by atoms with Gasteiger partial charge in [0.05, 0.1) is 13.8 Å². The van der Waals surface area contributed by atoms with Gasteiger partial charge in [0.1, 0.15) is 5.82 Å². The number of hydrogen-bond acceptors (Lipinski definition) is 8. The predicted octanol–water partition coefficient (Wildman–Crippen LogP) is 2.00. The number of carbonyl (C=O) groups is 3. The summed E-state index contributed by atoms with van der Waals surface area (Å²) in [4.78, 5) is 39.1. The Labute approximate surface area is 193 Å². The summed E-state index contributed by atoms with van der Waals surface area (Å²) in [7, 11) is 3.07. The number of nitrogens with one attached hydrogen (secondary N) is 3. The van der Waals surface area contributed by atoms with E-state index in [9.17, 15) is 14.4 Å². The van der Waals surface area contributed by atoms with Crippen LogP contribution < -0.4 is 16.0 Å². The summed E-state index contributed by atoms with van der Waals surface area (Å²) in [5.41, 5.74) is -0.674. The minimum absolute atomic E-state index is 0.137. The number of dihydropyridines is 1. The fourth-order valence-corrected chi connectivity index (χ4v) is 4.50. The van der Waals surface area contributed by atoms with Crippen molar-refractivity contribution in [2.45, 2.75) is 37.4 Å². The molecule has 0 radical (unpaired) electrons. The first-order valence-corrected chi connectivity index (χ1v) is 11.1. The maximum absolute atomic E-state index is 13.3. The highest BCUT2D eigenvalue weighted by Gasteiger charge is 2.85. The van der Waals surface area contributed by atoms with Crippen molar-refractivity contribution in [3.8, 4) is 0 Å². The largest absolute Gasteiger partial charge is 0.466 e. The molecule has 0 spiro atoms. The van der Waals surface area contributed by atoms with Crippen LogP contribution in [0.5, 0.6) is 0 Å². The standard InChI is InChI=1S/C25H29N3O5/c1-16(8-9-17-11-13-27-20(14-17)28-15-26-2)10-12-24-21(29)18-6-4-5-7-19(18)22(30)25(24,33-24)23(31)32-3/h4-7,10-11,14,26-28H,8-9,12-13,15H2,1-3H3. The van der Waals surface area contributed by atoms with Crippen LogP contribution >= 0.6 is 0 Å². The molecule has 1 saturated heterocycles. The number of allylic oxidation sites excluding steroid dienone is 3. The van der Waals surface area contributed by atoms with E-state index in [4.69, 9.17) is 9.47 Å². The molecule has 3 N–H and O–H groups in total. The van der Waals surface area contributed by atoms with Gasteiger partial charge in [-0.25, -0.2) is 4.79 Å². The van der Waals surface area contributed by atoms with Crippen molar-refractivity contribution in [1.29, 1.82) is 0 Å². The van der Waals surface area contributed by atoms with E-state index in [2.05, 4.69) is 28.1 Å². The van der Waals surface area contributed by atoms with Gasteiger partial charge in [-0.2, -0.15) is 0 Å². The number of hydrogen-bond donors (Lipinski definition) is 3. The minimum Gasteiger partial charge on any atom is -0.466 e. The monoisotopic (exact) mass is 451 g/mol. The van der Waals surface area contributed by atoms with Crippen LogP contribution in [0.25, 0.3) is 0 Å². The van der Waals surface area contributed by atoms with Gasteiger partial charge in [-0.05, 0) is 38.5 Å². The molecule has 4 rings (SSSR count). The summed E-state index contributed by atoms with van der Waals surface area (Å²) in [6.07, 6.45) is 7.87. The van der Waals surface area contributed by atoms with Gasteiger partial charge in [-0.3, -0.25) is 9.59 Å². The summed E-state index contributed by atoms with van der Waals surface area (Å²) in [6, 6.07) is 6.52. The number of epoxide rings is 1. The third-order valence-electron chi connectivity index (χ3n) is 6.42. The molecule has 0 bridgehead atoms. The summed E-state index contributed by atoms with van der Waals surface area (Å²) < 4.78 is 10.6. The molecule has 2 atom stereocenters. The second kappa shape index (κ2) is 8.96. The maximum Gasteiger partial charge on any atom is 0.350 e. The average Bonchev–Trinajstić information content (AvgIpc) is 3.55. The van der Waals surface area contributed by atoms with E-state index >= 15 is 0 Å². The Bertz CT molecular complexity index is 1090. The number of ether oxygens (including phenoxy) is 2. The molecule has 2 heterocycles. The van der Waals surface area contributed by atoms with Crippen LogP contribution in [0.2, 0.25) is 0 Å². The highest BCUT2D eigenvalue weighted by atomic mass is 16.7. The maximum atomic E-state index is 13.3. The molecule has 8 heteroatoms. The second-order valence-corrected chi connectivity index (χ2v) is 8.49. The quantitative estimate of drug-likeness (QED) is 0.172. The van der Waals surface area contributed by atoms with Gasteiger partial charge in [-0.1, -0.05) is 42.0 Å². The Hall–Kier alpha value is -3.23. The van der Waals surface area contributed by atoms with Crippen molar-refractivity contribution >= 4 is 17.5 Å². The molecule has 0 amide bonds. The Morgan fingerprint density at radius 3 is 2.67 bits per heavy atom. The van der Waals surface area contributed by atoms with Gasteiger partial charge in [-0.15, -0.1) is 0 Å². The zero-order chi connectivity index (χ0) is 23.6. The van der Waals surface area contributed by atoms with Crippen molar-refractivity contribution < 1.29 is 23.9 Å². The van der Waals surface area contributed by atoms with E-state index in [0.717, 1.165) is 30.8 Å². The third-order valence-corrected chi connectivity index (χ3v) is 6.42. The molecular formula is C25H29N3O5. The highest BCUT2D eigenvalue weighted by molar-refractivity contribution is 6.32. The smallest absolute Gasteiger partial charge is 0.350 e. The first-order chi connectivity index (χ1) is 15.9. The second-order valence-electron chi connectivity index (χ2n) is 8.49. The lowest BCUT2D eigenvalue weighted by molar-refractivity contribution is -0.145. The summed E-state index contributed by atoms with van der Waals surface area (Å²) in [6.45, 7) is 3.41. The first-order valence-electron chi connectivity index (χ1n) is 11.1. The van der Waals surface area contributed by atoms with Gasteiger partial charge < -0.3 is 25.4 Å².